The van der Waals surface area contributed by atoms with Crippen molar-refractivity contribution in [2.45, 2.75) is 52.4 Å². The summed E-state index contributed by atoms with van der Waals surface area (Å²) in [6, 6.07) is 16.3. The number of rotatable bonds is 9. The lowest BCUT2D eigenvalue weighted by Crippen LogP contribution is -2.34. The molecule has 0 bridgehead atoms. The van der Waals surface area contributed by atoms with Crippen LogP contribution in [-0.2, 0) is 18.6 Å². The molecule has 3 heterocycles. The summed E-state index contributed by atoms with van der Waals surface area (Å²) in [4.78, 5) is 3.54. The van der Waals surface area contributed by atoms with Crippen LogP contribution < -0.4 is 4.74 Å². The number of aromatic nitrogens is 4. The number of furan rings is 1. The van der Waals surface area contributed by atoms with E-state index in [4.69, 9.17) is 9.15 Å². The summed E-state index contributed by atoms with van der Waals surface area (Å²) in [6.45, 7) is 10.3. The van der Waals surface area contributed by atoms with Gasteiger partial charge in [0, 0.05) is 11.4 Å². The molecule has 0 radical (unpaired) electrons. The number of tetrazole rings is 1. The Labute approximate surface area is 192 Å². The molecule has 4 aromatic rings. The van der Waals surface area contributed by atoms with Crippen LogP contribution in [0.25, 0.3) is 0 Å². The summed E-state index contributed by atoms with van der Waals surface area (Å²) in [7, 11) is 0. The molecule has 8 heteroatoms. The van der Waals surface area contributed by atoms with Crippen LogP contribution in [0.4, 0.5) is 0 Å². The van der Waals surface area contributed by atoms with E-state index in [-0.39, 0.29) is 11.6 Å². The minimum absolute atomic E-state index is 0.124. The highest BCUT2D eigenvalue weighted by atomic mass is 32.1. The average Bonchev–Trinajstić information content (AvgIpc) is 3.53. The molecule has 7 nitrogen and oxygen atoms in total. The third-order valence-electron chi connectivity index (χ3n) is 5.11. The normalized spacial score (nSPS) is 12.9. The van der Waals surface area contributed by atoms with Gasteiger partial charge in [-0.05, 0) is 79.4 Å². The first-order chi connectivity index (χ1) is 15.5. The summed E-state index contributed by atoms with van der Waals surface area (Å²) in [5, 5.41) is 14.9. The molecule has 0 aliphatic rings. The highest BCUT2D eigenvalue weighted by Gasteiger charge is 2.32. The third kappa shape index (κ3) is 5.08. The third-order valence-corrected chi connectivity index (χ3v) is 6.04. The molecule has 0 saturated heterocycles. The van der Waals surface area contributed by atoms with Crippen molar-refractivity contribution in [1.29, 1.82) is 0 Å². The molecule has 32 heavy (non-hydrogen) atoms. The molecule has 0 aliphatic heterocycles. The molecule has 0 amide bonds. The van der Waals surface area contributed by atoms with Crippen LogP contribution >= 0.6 is 11.3 Å². The second-order valence-corrected chi connectivity index (χ2v) is 9.58. The van der Waals surface area contributed by atoms with Crippen LogP contribution in [0.2, 0.25) is 0 Å². The zero-order valence-corrected chi connectivity index (χ0v) is 19.7. The number of hydrogen-bond acceptors (Lipinski definition) is 7. The van der Waals surface area contributed by atoms with Gasteiger partial charge in [0.1, 0.15) is 17.6 Å². The fourth-order valence-corrected chi connectivity index (χ4v) is 4.55. The minimum atomic E-state index is -0.246. The van der Waals surface area contributed by atoms with E-state index in [9.17, 15) is 0 Å². The van der Waals surface area contributed by atoms with Gasteiger partial charge in [-0.3, -0.25) is 4.90 Å². The maximum Gasteiger partial charge on any atom is 0.174 e. The number of ether oxygens (including phenoxy) is 1. The second-order valence-electron chi connectivity index (χ2n) is 8.60. The lowest BCUT2D eigenvalue weighted by atomic mass is 10.1. The van der Waals surface area contributed by atoms with Crippen molar-refractivity contribution in [3.63, 3.8) is 0 Å². The van der Waals surface area contributed by atoms with E-state index < -0.39 is 0 Å². The second kappa shape index (κ2) is 9.67. The Morgan fingerprint density at radius 2 is 1.91 bits per heavy atom. The SMILES string of the molecule is CCOc1ccc(CN(Cc2ccco2)[C@@H](c2cccs2)c2nnnn2C(C)(C)C)cc1. The maximum atomic E-state index is 5.72. The zero-order valence-electron chi connectivity index (χ0n) is 18.9. The van der Waals surface area contributed by atoms with E-state index in [2.05, 4.69) is 70.8 Å². The van der Waals surface area contributed by atoms with Crippen molar-refractivity contribution in [2.75, 3.05) is 6.61 Å². The molecular weight excluding hydrogens is 422 g/mol. The molecule has 3 aromatic heterocycles. The van der Waals surface area contributed by atoms with E-state index in [1.807, 2.05) is 35.9 Å². The van der Waals surface area contributed by atoms with E-state index in [1.54, 1.807) is 17.6 Å². The van der Waals surface area contributed by atoms with Gasteiger partial charge in [-0.25, -0.2) is 4.68 Å². The van der Waals surface area contributed by atoms with Gasteiger partial charge in [0.2, 0.25) is 0 Å². The predicted molar refractivity (Wildman–Crippen MR) is 125 cm³/mol. The predicted octanol–water partition coefficient (Wildman–Crippen LogP) is 5.27. The van der Waals surface area contributed by atoms with Gasteiger partial charge < -0.3 is 9.15 Å². The molecule has 0 aliphatic carbocycles. The first kappa shape index (κ1) is 22.2. The van der Waals surface area contributed by atoms with Gasteiger partial charge in [0.05, 0.1) is 25.0 Å². The molecule has 4 rings (SSSR count). The largest absolute Gasteiger partial charge is 0.494 e. The average molecular weight is 452 g/mol. The van der Waals surface area contributed by atoms with Crippen molar-refractivity contribution < 1.29 is 9.15 Å². The Morgan fingerprint density at radius 1 is 1.09 bits per heavy atom. The summed E-state index contributed by atoms with van der Waals surface area (Å²) in [5.74, 6) is 2.59. The Bertz CT molecular complexity index is 1080. The number of thiophene rings is 1. The summed E-state index contributed by atoms with van der Waals surface area (Å²) >= 11 is 1.71. The van der Waals surface area contributed by atoms with Gasteiger partial charge in [0.15, 0.2) is 5.82 Å². The number of benzene rings is 1. The Kier molecular flexibility index (Phi) is 6.72. The van der Waals surface area contributed by atoms with Crippen LogP contribution in [0, 0.1) is 0 Å². The lowest BCUT2D eigenvalue weighted by Gasteiger charge is -2.32. The fourth-order valence-electron chi connectivity index (χ4n) is 3.69. The van der Waals surface area contributed by atoms with E-state index in [0.717, 1.165) is 17.3 Å². The number of hydrogen-bond donors (Lipinski definition) is 0. The molecule has 0 unspecified atom stereocenters. The van der Waals surface area contributed by atoms with Crippen molar-refractivity contribution in [3.8, 4) is 5.75 Å². The Balaban J connectivity index is 1.74. The zero-order chi connectivity index (χ0) is 22.6. The van der Waals surface area contributed by atoms with Crippen molar-refractivity contribution in [2.24, 2.45) is 0 Å². The lowest BCUT2D eigenvalue weighted by molar-refractivity contribution is 0.174. The Morgan fingerprint density at radius 3 is 2.53 bits per heavy atom. The summed E-state index contributed by atoms with van der Waals surface area (Å²) in [6.07, 6.45) is 1.71. The van der Waals surface area contributed by atoms with E-state index >= 15 is 0 Å². The topological polar surface area (TPSA) is 69.2 Å². The monoisotopic (exact) mass is 451 g/mol. The molecular formula is C24H29N5O2S. The first-order valence-corrected chi connectivity index (χ1v) is 11.6. The summed E-state index contributed by atoms with van der Waals surface area (Å²) in [5.41, 5.74) is 0.931. The highest BCUT2D eigenvalue weighted by molar-refractivity contribution is 7.10. The van der Waals surface area contributed by atoms with Crippen LogP contribution in [0.15, 0.2) is 64.6 Å². The number of nitrogens with zero attached hydrogens (tertiary/aromatic N) is 5. The van der Waals surface area contributed by atoms with Crippen LogP contribution in [0.1, 0.15) is 55.8 Å². The molecule has 168 valence electrons. The van der Waals surface area contributed by atoms with Crippen LogP contribution in [-0.4, -0.2) is 31.7 Å². The summed E-state index contributed by atoms with van der Waals surface area (Å²) < 4.78 is 13.3. The van der Waals surface area contributed by atoms with Crippen molar-refractivity contribution in [3.05, 3.63) is 82.2 Å². The molecule has 0 spiro atoms. The van der Waals surface area contributed by atoms with Gasteiger partial charge in [0.25, 0.3) is 0 Å². The molecule has 1 aromatic carbocycles. The van der Waals surface area contributed by atoms with Gasteiger partial charge in [-0.1, -0.05) is 18.2 Å². The van der Waals surface area contributed by atoms with Gasteiger partial charge in [-0.15, -0.1) is 16.4 Å². The molecule has 0 fully saturated rings. The highest BCUT2D eigenvalue weighted by Crippen LogP contribution is 2.34. The smallest absolute Gasteiger partial charge is 0.174 e. The fraction of sp³-hybridized carbons (Fsp3) is 0.375. The van der Waals surface area contributed by atoms with E-state index in [0.29, 0.717) is 19.7 Å². The maximum absolute atomic E-state index is 5.72. The van der Waals surface area contributed by atoms with E-state index in [1.165, 1.54) is 10.4 Å². The quantitative estimate of drug-likeness (QED) is 0.345. The Hall–Kier alpha value is -2.97. The molecule has 1 atom stereocenters. The minimum Gasteiger partial charge on any atom is -0.494 e. The van der Waals surface area contributed by atoms with Crippen molar-refractivity contribution >= 4 is 11.3 Å². The van der Waals surface area contributed by atoms with Gasteiger partial charge >= 0.3 is 0 Å². The van der Waals surface area contributed by atoms with Crippen LogP contribution in [0.3, 0.4) is 0 Å². The first-order valence-electron chi connectivity index (χ1n) is 10.8. The van der Waals surface area contributed by atoms with Gasteiger partial charge in [-0.2, -0.15) is 0 Å². The van der Waals surface area contributed by atoms with Crippen molar-refractivity contribution in [1.82, 2.24) is 25.1 Å². The molecule has 0 N–H and O–H groups in total. The van der Waals surface area contributed by atoms with Crippen LogP contribution in [0.5, 0.6) is 5.75 Å². The molecule has 0 saturated carbocycles. The standard InChI is InChI=1S/C24H29N5O2S/c1-5-30-19-12-10-18(11-13-19)16-28(17-20-8-6-14-31-20)22(21-9-7-15-32-21)23-25-26-27-29(23)24(2,3)4/h6-15,22H,5,16-17H2,1-4H3/t22-/m0/s1.